The van der Waals surface area contributed by atoms with E-state index in [0.29, 0.717) is 12.8 Å². The molecule has 0 heterocycles. The number of aliphatic carboxylic acids is 3. The van der Waals surface area contributed by atoms with Crippen LogP contribution in [0.1, 0.15) is 38.5 Å². The summed E-state index contributed by atoms with van der Waals surface area (Å²) in [6.45, 7) is 0. The van der Waals surface area contributed by atoms with Crippen LogP contribution in [0.3, 0.4) is 0 Å². The third kappa shape index (κ3) is 9.57. The summed E-state index contributed by atoms with van der Waals surface area (Å²) < 4.78 is 0. The topological polar surface area (TPSA) is 141 Å². The molecule has 1 amide bonds. The van der Waals surface area contributed by atoms with E-state index in [1.54, 1.807) is 0 Å². The highest BCUT2D eigenvalue weighted by atomic mass is 16.4. The fourth-order valence-corrected chi connectivity index (χ4v) is 1.35. The Labute approximate surface area is 109 Å². The van der Waals surface area contributed by atoms with Crippen LogP contribution >= 0.6 is 0 Å². The Morgan fingerprint density at radius 1 is 0.842 bits per heavy atom. The summed E-state index contributed by atoms with van der Waals surface area (Å²) in [5.41, 5.74) is 0. The smallest absolute Gasteiger partial charge is 0.326 e. The number of nitrogens with one attached hydrogen (secondary N) is 1. The highest BCUT2D eigenvalue weighted by Crippen LogP contribution is 2.02. The zero-order chi connectivity index (χ0) is 14.8. The Morgan fingerprint density at radius 2 is 1.37 bits per heavy atom. The van der Waals surface area contributed by atoms with Crippen LogP contribution in [0, 0.1) is 0 Å². The van der Waals surface area contributed by atoms with Gasteiger partial charge in [-0.3, -0.25) is 14.4 Å². The summed E-state index contributed by atoms with van der Waals surface area (Å²) in [5, 5.41) is 27.8. The van der Waals surface area contributed by atoms with Crippen LogP contribution in [0.25, 0.3) is 0 Å². The van der Waals surface area contributed by atoms with Gasteiger partial charge < -0.3 is 20.6 Å². The molecule has 1 atom stereocenters. The summed E-state index contributed by atoms with van der Waals surface area (Å²) in [5.74, 6) is -3.91. The van der Waals surface area contributed by atoms with E-state index in [1.165, 1.54) is 0 Å². The van der Waals surface area contributed by atoms with E-state index in [0.717, 1.165) is 0 Å². The Bertz CT molecular complexity index is 353. The van der Waals surface area contributed by atoms with Crippen molar-refractivity contribution < 1.29 is 34.5 Å². The molecule has 8 heteroatoms. The van der Waals surface area contributed by atoms with Gasteiger partial charge >= 0.3 is 17.9 Å². The van der Waals surface area contributed by atoms with Crippen LogP contribution in [-0.4, -0.2) is 45.2 Å². The highest BCUT2D eigenvalue weighted by molar-refractivity contribution is 5.83. The van der Waals surface area contributed by atoms with Crippen molar-refractivity contribution in [3.05, 3.63) is 0 Å². The molecular formula is C11H17NO7. The average Bonchev–Trinajstić information content (AvgIpc) is 2.29. The van der Waals surface area contributed by atoms with Gasteiger partial charge in [0.15, 0.2) is 0 Å². The molecular weight excluding hydrogens is 258 g/mol. The van der Waals surface area contributed by atoms with Gasteiger partial charge in [0.05, 0.1) is 0 Å². The number of carbonyl (C=O) groups is 4. The molecule has 0 spiro atoms. The lowest BCUT2D eigenvalue weighted by molar-refractivity contribution is -0.143. The van der Waals surface area contributed by atoms with Gasteiger partial charge in [-0.15, -0.1) is 0 Å². The summed E-state index contributed by atoms with van der Waals surface area (Å²) in [6.07, 6.45) is 0.0968. The number of hydrogen-bond acceptors (Lipinski definition) is 4. The Hall–Kier alpha value is -2.12. The van der Waals surface area contributed by atoms with Crippen molar-refractivity contribution in [1.29, 1.82) is 0 Å². The van der Waals surface area contributed by atoms with Crippen LogP contribution in [0.5, 0.6) is 0 Å². The monoisotopic (exact) mass is 275 g/mol. The van der Waals surface area contributed by atoms with E-state index in [4.69, 9.17) is 15.3 Å². The lowest BCUT2D eigenvalue weighted by atomic mass is 10.1. The number of carboxylic acids is 3. The van der Waals surface area contributed by atoms with Gasteiger partial charge in [0.1, 0.15) is 6.04 Å². The Balaban J connectivity index is 3.99. The number of amides is 1. The molecule has 0 radical (unpaired) electrons. The van der Waals surface area contributed by atoms with Crippen molar-refractivity contribution in [3.63, 3.8) is 0 Å². The Morgan fingerprint density at radius 3 is 1.84 bits per heavy atom. The molecule has 0 aromatic carbocycles. The largest absolute Gasteiger partial charge is 0.481 e. The van der Waals surface area contributed by atoms with Crippen LogP contribution < -0.4 is 5.32 Å². The molecule has 0 unspecified atom stereocenters. The molecule has 8 nitrogen and oxygen atoms in total. The maximum absolute atomic E-state index is 11.4. The second-order valence-electron chi connectivity index (χ2n) is 3.99. The average molecular weight is 275 g/mol. The standard InChI is InChI=1S/C11H17NO7/c13-8(3-1-2-4-9(14)15)12-7(11(18)19)5-6-10(16)17/h7H,1-6H2,(H,12,13)(H,14,15)(H,16,17)(H,18,19)/t7-/m0/s1. The number of rotatable bonds is 10. The van der Waals surface area contributed by atoms with Crippen molar-refractivity contribution in [2.45, 2.75) is 44.6 Å². The van der Waals surface area contributed by atoms with Gasteiger partial charge in [-0.2, -0.15) is 0 Å². The maximum Gasteiger partial charge on any atom is 0.326 e. The fraction of sp³-hybridized carbons (Fsp3) is 0.636. The summed E-state index contributed by atoms with van der Waals surface area (Å²) in [4.78, 5) is 42.7. The molecule has 0 bridgehead atoms. The molecule has 0 aromatic rings. The van der Waals surface area contributed by atoms with Crippen molar-refractivity contribution in [2.24, 2.45) is 0 Å². The normalized spacial score (nSPS) is 11.6. The molecule has 0 saturated carbocycles. The first-order chi connectivity index (χ1) is 8.82. The van der Waals surface area contributed by atoms with Gasteiger partial charge in [0.2, 0.25) is 5.91 Å². The quantitative estimate of drug-likeness (QED) is 0.413. The molecule has 0 aliphatic heterocycles. The molecule has 108 valence electrons. The van der Waals surface area contributed by atoms with Gasteiger partial charge in [0, 0.05) is 19.3 Å². The van der Waals surface area contributed by atoms with Gasteiger partial charge in [-0.05, 0) is 19.3 Å². The molecule has 19 heavy (non-hydrogen) atoms. The second-order valence-corrected chi connectivity index (χ2v) is 3.99. The SMILES string of the molecule is O=C(O)CCCCC(=O)N[C@@H](CCC(=O)O)C(=O)O. The number of hydrogen-bond donors (Lipinski definition) is 4. The molecule has 0 saturated heterocycles. The van der Waals surface area contributed by atoms with Crippen LogP contribution in [0.2, 0.25) is 0 Å². The molecule has 0 aromatic heterocycles. The minimum atomic E-state index is -1.29. The minimum absolute atomic E-state index is 0.0180. The summed E-state index contributed by atoms with van der Waals surface area (Å²) >= 11 is 0. The molecule has 0 rings (SSSR count). The lowest BCUT2D eigenvalue weighted by Gasteiger charge is -2.13. The van der Waals surface area contributed by atoms with E-state index < -0.39 is 29.9 Å². The summed E-state index contributed by atoms with van der Waals surface area (Å²) in [6, 6.07) is -1.23. The van der Waals surface area contributed by atoms with Crippen molar-refractivity contribution in [2.75, 3.05) is 0 Å². The molecule has 0 aliphatic rings. The van der Waals surface area contributed by atoms with Gasteiger partial charge in [-0.1, -0.05) is 0 Å². The molecule has 0 aliphatic carbocycles. The van der Waals surface area contributed by atoms with E-state index in [1.807, 2.05) is 0 Å². The number of carboxylic acid groups (broad SMARTS) is 3. The second kappa shape index (κ2) is 8.90. The Kier molecular flexibility index (Phi) is 7.90. The zero-order valence-corrected chi connectivity index (χ0v) is 10.3. The third-order valence-electron chi connectivity index (χ3n) is 2.32. The van der Waals surface area contributed by atoms with Crippen LogP contribution in [-0.2, 0) is 19.2 Å². The predicted molar refractivity (Wildman–Crippen MR) is 62.5 cm³/mol. The zero-order valence-electron chi connectivity index (χ0n) is 10.3. The van der Waals surface area contributed by atoms with Crippen molar-refractivity contribution >= 4 is 23.8 Å². The third-order valence-corrected chi connectivity index (χ3v) is 2.32. The molecule has 4 N–H and O–H groups in total. The van der Waals surface area contributed by atoms with Gasteiger partial charge in [-0.25, -0.2) is 4.79 Å². The first-order valence-corrected chi connectivity index (χ1v) is 5.78. The summed E-state index contributed by atoms with van der Waals surface area (Å²) in [7, 11) is 0. The lowest BCUT2D eigenvalue weighted by Crippen LogP contribution is -2.41. The first kappa shape index (κ1) is 16.9. The van der Waals surface area contributed by atoms with E-state index >= 15 is 0 Å². The predicted octanol–water partition coefficient (Wildman–Crippen LogP) is 0.0656. The first-order valence-electron chi connectivity index (χ1n) is 5.78. The fourth-order valence-electron chi connectivity index (χ4n) is 1.35. The van der Waals surface area contributed by atoms with Crippen LogP contribution in [0.4, 0.5) is 0 Å². The number of carbonyl (C=O) groups excluding carboxylic acids is 1. The van der Waals surface area contributed by atoms with Crippen molar-refractivity contribution in [1.82, 2.24) is 5.32 Å². The van der Waals surface area contributed by atoms with E-state index in [2.05, 4.69) is 5.32 Å². The van der Waals surface area contributed by atoms with E-state index in [9.17, 15) is 19.2 Å². The highest BCUT2D eigenvalue weighted by Gasteiger charge is 2.20. The number of unbranched alkanes of at least 4 members (excludes halogenated alkanes) is 1. The maximum atomic E-state index is 11.4. The minimum Gasteiger partial charge on any atom is -0.481 e. The van der Waals surface area contributed by atoms with Crippen LogP contribution in [0.15, 0.2) is 0 Å². The van der Waals surface area contributed by atoms with Crippen molar-refractivity contribution in [3.8, 4) is 0 Å². The van der Waals surface area contributed by atoms with Gasteiger partial charge in [0.25, 0.3) is 0 Å². The van der Waals surface area contributed by atoms with E-state index in [-0.39, 0.29) is 25.7 Å². The molecule has 0 fully saturated rings.